The number of unbranched alkanes of at least 4 members (excludes halogenated alkanes) is 1. The predicted molar refractivity (Wildman–Crippen MR) is 79.8 cm³/mol. The van der Waals surface area contributed by atoms with E-state index in [1.807, 2.05) is 0 Å². The third-order valence-corrected chi connectivity index (χ3v) is 3.72. The fraction of sp³-hybridized carbons (Fsp3) is 0.467. The second-order valence-corrected chi connectivity index (χ2v) is 5.46. The number of carbonyl (C=O) groups is 2. The average molecular weight is 295 g/mol. The van der Waals surface area contributed by atoms with Crippen molar-refractivity contribution in [1.82, 2.24) is 5.32 Å². The van der Waals surface area contributed by atoms with Gasteiger partial charge in [-0.3, -0.25) is 9.59 Å². The lowest BCUT2D eigenvalue weighted by Crippen LogP contribution is -2.33. The van der Waals surface area contributed by atoms with E-state index in [1.165, 1.54) is 0 Å². The standard InChI is InChI=1S/C15H19ClN2O2/c1-2-3-8-17-15(20)11-9-14(19)18(10-11)13-6-4-12(16)5-7-13/h4-7,11H,2-3,8-10H2,1H3,(H,17,20)/t11-/m1/s1. The Morgan fingerprint density at radius 3 is 2.75 bits per heavy atom. The monoisotopic (exact) mass is 294 g/mol. The number of nitrogens with one attached hydrogen (secondary N) is 1. The number of carbonyl (C=O) groups excluding carboxylic acids is 2. The van der Waals surface area contributed by atoms with E-state index >= 15 is 0 Å². The van der Waals surface area contributed by atoms with Crippen LogP contribution in [0.3, 0.4) is 0 Å². The molecular weight excluding hydrogens is 276 g/mol. The number of nitrogens with zero attached hydrogens (tertiary/aromatic N) is 1. The molecule has 1 aliphatic heterocycles. The first kappa shape index (κ1) is 14.9. The van der Waals surface area contributed by atoms with Crippen LogP contribution in [0, 0.1) is 5.92 Å². The molecule has 1 aliphatic rings. The molecular formula is C15H19ClN2O2. The number of benzene rings is 1. The highest BCUT2D eigenvalue weighted by Gasteiger charge is 2.34. The minimum Gasteiger partial charge on any atom is -0.356 e. The average Bonchev–Trinajstić information content (AvgIpc) is 2.82. The Morgan fingerprint density at radius 1 is 1.40 bits per heavy atom. The first-order valence-corrected chi connectivity index (χ1v) is 7.33. The highest BCUT2D eigenvalue weighted by atomic mass is 35.5. The number of rotatable bonds is 5. The van der Waals surface area contributed by atoms with E-state index in [-0.39, 0.29) is 24.2 Å². The topological polar surface area (TPSA) is 49.4 Å². The molecule has 1 aromatic carbocycles. The van der Waals surface area contributed by atoms with Crippen LogP contribution < -0.4 is 10.2 Å². The van der Waals surface area contributed by atoms with Crippen LogP contribution in [0.5, 0.6) is 0 Å². The Labute approximate surface area is 124 Å². The molecule has 1 heterocycles. The summed E-state index contributed by atoms with van der Waals surface area (Å²) in [5.74, 6) is -0.290. The molecule has 0 unspecified atom stereocenters. The van der Waals surface area contributed by atoms with Gasteiger partial charge in [0.05, 0.1) is 5.92 Å². The molecule has 4 nitrogen and oxygen atoms in total. The van der Waals surface area contributed by atoms with Gasteiger partial charge in [0.15, 0.2) is 0 Å². The Balaban J connectivity index is 1.96. The summed E-state index contributed by atoms with van der Waals surface area (Å²) in [5, 5.41) is 3.52. The molecule has 0 bridgehead atoms. The fourth-order valence-electron chi connectivity index (χ4n) is 2.29. The zero-order valence-electron chi connectivity index (χ0n) is 11.6. The van der Waals surface area contributed by atoms with Gasteiger partial charge in [0.25, 0.3) is 0 Å². The Morgan fingerprint density at radius 2 is 2.10 bits per heavy atom. The van der Waals surface area contributed by atoms with E-state index < -0.39 is 0 Å². The molecule has 1 N–H and O–H groups in total. The molecule has 2 amide bonds. The maximum Gasteiger partial charge on any atom is 0.227 e. The highest BCUT2D eigenvalue weighted by molar-refractivity contribution is 6.30. The zero-order valence-corrected chi connectivity index (χ0v) is 12.3. The first-order chi connectivity index (χ1) is 9.61. The van der Waals surface area contributed by atoms with Crippen molar-refractivity contribution in [3.63, 3.8) is 0 Å². The zero-order chi connectivity index (χ0) is 14.5. The summed E-state index contributed by atoms with van der Waals surface area (Å²) in [6.45, 7) is 3.20. The van der Waals surface area contributed by atoms with Gasteiger partial charge in [-0.1, -0.05) is 24.9 Å². The Hall–Kier alpha value is -1.55. The van der Waals surface area contributed by atoms with E-state index in [9.17, 15) is 9.59 Å². The van der Waals surface area contributed by atoms with Crippen molar-refractivity contribution in [1.29, 1.82) is 0 Å². The van der Waals surface area contributed by atoms with Gasteiger partial charge in [0, 0.05) is 30.2 Å². The maximum atomic E-state index is 12.0. The van der Waals surface area contributed by atoms with Crippen molar-refractivity contribution in [2.45, 2.75) is 26.2 Å². The van der Waals surface area contributed by atoms with Crippen LogP contribution in [0.4, 0.5) is 5.69 Å². The van der Waals surface area contributed by atoms with Crippen LogP contribution in [0.2, 0.25) is 5.02 Å². The summed E-state index contributed by atoms with van der Waals surface area (Å²) < 4.78 is 0. The summed E-state index contributed by atoms with van der Waals surface area (Å²) in [4.78, 5) is 25.7. The number of anilines is 1. The fourth-order valence-corrected chi connectivity index (χ4v) is 2.41. The number of amides is 2. The molecule has 20 heavy (non-hydrogen) atoms. The van der Waals surface area contributed by atoms with Gasteiger partial charge in [0.1, 0.15) is 0 Å². The van der Waals surface area contributed by atoms with Crippen molar-refractivity contribution < 1.29 is 9.59 Å². The minimum absolute atomic E-state index is 0.0111. The lowest BCUT2D eigenvalue weighted by molar-refractivity contribution is -0.126. The van der Waals surface area contributed by atoms with Crippen LogP contribution >= 0.6 is 11.6 Å². The van der Waals surface area contributed by atoms with Crippen LogP contribution in [0.15, 0.2) is 24.3 Å². The smallest absolute Gasteiger partial charge is 0.227 e. The summed E-state index contributed by atoms with van der Waals surface area (Å²) in [6, 6.07) is 7.10. The Bertz CT molecular complexity index is 487. The third kappa shape index (κ3) is 3.51. The quantitative estimate of drug-likeness (QED) is 0.849. The molecule has 0 spiro atoms. The molecule has 0 aromatic heterocycles. The molecule has 0 saturated carbocycles. The Kier molecular flexibility index (Phi) is 5.01. The van der Waals surface area contributed by atoms with Gasteiger partial charge < -0.3 is 10.2 Å². The van der Waals surface area contributed by atoms with E-state index in [0.29, 0.717) is 18.1 Å². The first-order valence-electron chi connectivity index (χ1n) is 6.95. The number of halogens is 1. The van der Waals surface area contributed by atoms with Crippen molar-refractivity contribution >= 4 is 29.1 Å². The highest BCUT2D eigenvalue weighted by Crippen LogP contribution is 2.26. The van der Waals surface area contributed by atoms with Gasteiger partial charge in [-0.05, 0) is 30.7 Å². The van der Waals surface area contributed by atoms with Crippen LogP contribution in [0.1, 0.15) is 26.2 Å². The molecule has 2 rings (SSSR count). The predicted octanol–water partition coefficient (Wildman–Crippen LogP) is 2.61. The summed E-state index contributed by atoms with van der Waals surface area (Å²) in [6.07, 6.45) is 2.29. The molecule has 1 aromatic rings. The molecule has 5 heteroatoms. The third-order valence-electron chi connectivity index (χ3n) is 3.46. The molecule has 1 saturated heterocycles. The van der Waals surface area contributed by atoms with E-state index in [4.69, 9.17) is 11.6 Å². The second-order valence-electron chi connectivity index (χ2n) is 5.03. The van der Waals surface area contributed by atoms with Gasteiger partial charge >= 0.3 is 0 Å². The second kappa shape index (κ2) is 6.75. The minimum atomic E-state index is -0.255. The summed E-state index contributed by atoms with van der Waals surface area (Å²) >= 11 is 5.84. The summed E-state index contributed by atoms with van der Waals surface area (Å²) in [7, 11) is 0. The van der Waals surface area contributed by atoms with Crippen molar-refractivity contribution in [2.75, 3.05) is 18.0 Å². The molecule has 1 fully saturated rings. The molecule has 0 radical (unpaired) electrons. The molecule has 108 valence electrons. The van der Waals surface area contributed by atoms with Crippen LogP contribution in [-0.2, 0) is 9.59 Å². The molecule has 0 aliphatic carbocycles. The molecule has 1 atom stereocenters. The summed E-state index contributed by atoms with van der Waals surface area (Å²) in [5.41, 5.74) is 0.795. The lowest BCUT2D eigenvalue weighted by Gasteiger charge is -2.16. The van der Waals surface area contributed by atoms with Crippen LogP contribution in [0.25, 0.3) is 0 Å². The normalized spacial score (nSPS) is 18.4. The lowest BCUT2D eigenvalue weighted by atomic mass is 10.1. The maximum absolute atomic E-state index is 12.0. The van der Waals surface area contributed by atoms with Crippen LogP contribution in [-0.4, -0.2) is 24.9 Å². The van der Waals surface area contributed by atoms with Gasteiger partial charge in [-0.2, -0.15) is 0 Å². The van der Waals surface area contributed by atoms with Gasteiger partial charge in [-0.15, -0.1) is 0 Å². The van der Waals surface area contributed by atoms with Crippen molar-refractivity contribution in [2.24, 2.45) is 5.92 Å². The van der Waals surface area contributed by atoms with Gasteiger partial charge in [0.2, 0.25) is 11.8 Å². The largest absolute Gasteiger partial charge is 0.356 e. The van der Waals surface area contributed by atoms with E-state index in [1.54, 1.807) is 29.2 Å². The SMILES string of the molecule is CCCCNC(=O)[C@@H]1CC(=O)N(c2ccc(Cl)cc2)C1. The van der Waals surface area contributed by atoms with E-state index in [2.05, 4.69) is 12.2 Å². The number of hydrogen-bond acceptors (Lipinski definition) is 2. The van der Waals surface area contributed by atoms with Crippen molar-refractivity contribution in [3.05, 3.63) is 29.3 Å². The van der Waals surface area contributed by atoms with Gasteiger partial charge in [-0.25, -0.2) is 0 Å². The van der Waals surface area contributed by atoms with E-state index in [0.717, 1.165) is 18.5 Å². The number of hydrogen-bond donors (Lipinski definition) is 1. The van der Waals surface area contributed by atoms with Crippen molar-refractivity contribution in [3.8, 4) is 0 Å².